The smallest absolute Gasteiger partial charge is 0.215 e. The van der Waals surface area contributed by atoms with Crippen LogP contribution in [0.5, 0.6) is 5.88 Å². The second-order valence-electron chi connectivity index (χ2n) is 6.05. The van der Waals surface area contributed by atoms with Crippen molar-refractivity contribution in [3.63, 3.8) is 0 Å². The van der Waals surface area contributed by atoms with Crippen molar-refractivity contribution in [1.82, 2.24) is 14.6 Å². The fraction of sp³-hybridized carbons (Fsp3) is 0.250. The molecule has 21 heavy (non-hydrogen) atoms. The molecule has 0 aliphatic heterocycles. The highest BCUT2D eigenvalue weighted by Crippen LogP contribution is 2.30. The fourth-order valence-corrected chi connectivity index (χ4v) is 2.29. The number of hydrogen-bond acceptors (Lipinski definition) is 3. The second-order valence-corrected chi connectivity index (χ2v) is 6.49. The van der Waals surface area contributed by atoms with Gasteiger partial charge in [-0.3, -0.25) is 0 Å². The molecule has 1 N–H and O–H groups in total. The van der Waals surface area contributed by atoms with Gasteiger partial charge in [0.15, 0.2) is 5.65 Å². The van der Waals surface area contributed by atoms with Crippen molar-refractivity contribution in [2.75, 3.05) is 0 Å². The van der Waals surface area contributed by atoms with Crippen LogP contribution >= 0.6 is 11.6 Å². The van der Waals surface area contributed by atoms with Gasteiger partial charge in [0.25, 0.3) is 0 Å². The van der Waals surface area contributed by atoms with Crippen molar-refractivity contribution >= 4 is 17.2 Å². The van der Waals surface area contributed by atoms with E-state index in [0.29, 0.717) is 10.7 Å². The van der Waals surface area contributed by atoms with Gasteiger partial charge in [0.1, 0.15) is 0 Å². The summed E-state index contributed by atoms with van der Waals surface area (Å²) in [4.78, 5) is 4.67. The Morgan fingerprint density at radius 3 is 2.43 bits per heavy atom. The molecule has 0 unspecified atom stereocenters. The monoisotopic (exact) mass is 301 g/mol. The first kappa shape index (κ1) is 13.9. The van der Waals surface area contributed by atoms with E-state index >= 15 is 0 Å². The molecule has 0 amide bonds. The van der Waals surface area contributed by atoms with Gasteiger partial charge in [-0.25, -0.2) is 4.98 Å². The van der Waals surface area contributed by atoms with Gasteiger partial charge in [0, 0.05) is 22.1 Å². The zero-order chi connectivity index (χ0) is 15.2. The van der Waals surface area contributed by atoms with Crippen LogP contribution in [0, 0.1) is 0 Å². The van der Waals surface area contributed by atoms with E-state index in [9.17, 15) is 5.11 Å². The van der Waals surface area contributed by atoms with Gasteiger partial charge in [-0.05, 0) is 17.7 Å². The van der Waals surface area contributed by atoms with Crippen LogP contribution in [0.15, 0.2) is 36.5 Å². The lowest BCUT2D eigenvalue weighted by molar-refractivity contribution is 0.429. The van der Waals surface area contributed by atoms with E-state index in [1.807, 2.05) is 24.3 Å². The van der Waals surface area contributed by atoms with E-state index in [1.54, 1.807) is 12.3 Å². The highest BCUT2D eigenvalue weighted by Gasteiger charge is 2.20. The molecular formula is C16H16ClN3O. The van der Waals surface area contributed by atoms with E-state index in [0.717, 1.165) is 16.8 Å². The zero-order valence-electron chi connectivity index (χ0n) is 12.1. The largest absolute Gasteiger partial charge is 0.493 e. The molecule has 0 radical (unpaired) electrons. The standard InChI is InChI=1S/C16H16ClN3O/c1-16(2,3)13-8-14(21)20-15(19-13)12(9-18-20)10-4-6-11(17)7-5-10/h4-9,21H,1-3H3. The van der Waals surface area contributed by atoms with Crippen molar-refractivity contribution in [2.45, 2.75) is 26.2 Å². The minimum Gasteiger partial charge on any atom is -0.493 e. The summed E-state index contributed by atoms with van der Waals surface area (Å²) in [7, 11) is 0. The molecule has 0 bridgehead atoms. The molecule has 1 aromatic carbocycles. The maximum Gasteiger partial charge on any atom is 0.215 e. The van der Waals surface area contributed by atoms with Crippen LogP contribution in [0.25, 0.3) is 16.8 Å². The number of fused-ring (bicyclic) bond motifs is 1. The van der Waals surface area contributed by atoms with E-state index in [1.165, 1.54) is 4.52 Å². The van der Waals surface area contributed by atoms with Crippen LogP contribution in [0.4, 0.5) is 0 Å². The average molecular weight is 302 g/mol. The summed E-state index contributed by atoms with van der Waals surface area (Å²) in [6.07, 6.45) is 1.71. The predicted octanol–water partition coefficient (Wildman–Crippen LogP) is 4.05. The van der Waals surface area contributed by atoms with Crippen molar-refractivity contribution in [1.29, 1.82) is 0 Å². The van der Waals surface area contributed by atoms with Gasteiger partial charge in [-0.15, -0.1) is 0 Å². The highest BCUT2D eigenvalue weighted by molar-refractivity contribution is 6.30. The normalized spacial score (nSPS) is 12.0. The number of nitrogens with zero attached hydrogens (tertiary/aromatic N) is 3. The maximum atomic E-state index is 10.2. The first-order chi connectivity index (χ1) is 9.86. The van der Waals surface area contributed by atoms with E-state index < -0.39 is 0 Å². The van der Waals surface area contributed by atoms with Crippen molar-refractivity contribution < 1.29 is 5.11 Å². The summed E-state index contributed by atoms with van der Waals surface area (Å²) in [5.74, 6) is 0.0881. The Hall–Kier alpha value is -2.07. The molecule has 0 saturated heterocycles. The van der Waals surface area contributed by atoms with Crippen molar-refractivity contribution in [3.05, 3.63) is 47.2 Å². The fourth-order valence-electron chi connectivity index (χ4n) is 2.16. The number of aromatic nitrogens is 3. The number of rotatable bonds is 1. The Morgan fingerprint density at radius 1 is 1.14 bits per heavy atom. The van der Waals surface area contributed by atoms with Crippen LogP contribution in [0.3, 0.4) is 0 Å². The summed E-state index contributed by atoms with van der Waals surface area (Å²) < 4.78 is 1.44. The predicted molar refractivity (Wildman–Crippen MR) is 83.8 cm³/mol. The molecule has 3 rings (SSSR count). The van der Waals surface area contributed by atoms with Gasteiger partial charge >= 0.3 is 0 Å². The number of benzene rings is 1. The molecule has 4 nitrogen and oxygen atoms in total. The van der Waals surface area contributed by atoms with Crippen molar-refractivity contribution in [2.24, 2.45) is 0 Å². The minimum absolute atomic E-state index is 0.0881. The van der Waals surface area contributed by atoms with Crippen LogP contribution in [-0.2, 0) is 5.41 Å². The topological polar surface area (TPSA) is 50.4 Å². The summed E-state index contributed by atoms with van der Waals surface area (Å²) in [5.41, 5.74) is 3.15. The lowest BCUT2D eigenvalue weighted by Gasteiger charge is -2.18. The first-order valence-electron chi connectivity index (χ1n) is 6.70. The van der Waals surface area contributed by atoms with E-state index in [2.05, 4.69) is 30.9 Å². The quantitative estimate of drug-likeness (QED) is 0.737. The second kappa shape index (κ2) is 4.74. The van der Waals surface area contributed by atoms with E-state index in [4.69, 9.17) is 11.6 Å². The van der Waals surface area contributed by atoms with E-state index in [-0.39, 0.29) is 11.3 Å². The van der Waals surface area contributed by atoms with Gasteiger partial charge in [-0.1, -0.05) is 44.5 Å². The third kappa shape index (κ3) is 2.47. The SMILES string of the molecule is CC(C)(C)c1cc(O)n2ncc(-c3ccc(Cl)cc3)c2n1. The summed E-state index contributed by atoms with van der Waals surface area (Å²) in [6.45, 7) is 6.18. The molecule has 0 saturated carbocycles. The molecule has 2 heterocycles. The lowest BCUT2D eigenvalue weighted by Crippen LogP contribution is -2.14. The van der Waals surface area contributed by atoms with Crippen LogP contribution in [0.2, 0.25) is 5.02 Å². The Balaban J connectivity index is 2.25. The van der Waals surface area contributed by atoms with Crippen LogP contribution < -0.4 is 0 Å². The molecule has 0 aliphatic carbocycles. The van der Waals surface area contributed by atoms with Crippen LogP contribution in [0.1, 0.15) is 26.5 Å². The summed E-state index contributed by atoms with van der Waals surface area (Å²) in [5, 5.41) is 15.1. The Bertz CT molecular complexity index is 801. The Labute approximate surface area is 128 Å². The van der Waals surface area contributed by atoms with Gasteiger partial charge in [0.05, 0.1) is 11.9 Å². The zero-order valence-corrected chi connectivity index (χ0v) is 12.9. The van der Waals surface area contributed by atoms with Crippen LogP contribution in [-0.4, -0.2) is 19.7 Å². The lowest BCUT2D eigenvalue weighted by atomic mass is 9.92. The maximum absolute atomic E-state index is 10.2. The summed E-state index contributed by atoms with van der Waals surface area (Å²) in [6, 6.07) is 9.15. The highest BCUT2D eigenvalue weighted by atomic mass is 35.5. The molecule has 2 aromatic heterocycles. The molecule has 3 aromatic rings. The Morgan fingerprint density at radius 2 is 1.81 bits per heavy atom. The van der Waals surface area contributed by atoms with Gasteiger partial charge in [0.2, 0.25) is 5.88 Å². The average Bonchev–Trinajstić information content (AvgIpc) is 2.83. The third-order valence-corrected chi connectivity index (χ3v) is 3.63. The molecule has 0 fully saturated rings. The first-order valence-corrected chi connectivity index (χ1v) is 7.08. The summed E-state index contributed by atoms with van der Waals surface area (Å²) >= 11 is 5.93. The van der Waals surface area contributed by atoms with Crippen molar-refractivity contribution in [3.8, 4) is 17.0 Å². The number of aromatic hydroxyl groups is 1. The number of halogens is 1. The minimum atomic E-state index is -0.152. The molecule has 0 spiro atoms. The molecule has 0 aliphatic rings. The Kier molecular flexibility index (Phi) is 3.14. The molecule has 0 atom stereocenters. The molecule has 5 heteroatoms. The number of hydrogen-bond donors (Lipinski definition) is 1. The van der Waals surface area contributed by atoms with Gasteiger partial charge < -0.3 is 5.11 Å². The third-order valence-electron chi connectivity index (χ3n) is 3.38. The molecular weight excluding hydrogens is 286 g/mol. The van der Waals surface area contributed by atoms with Gasteiger partial charge in [-0.2, -0.15) is 9.61 Å². The molecule has 108 valence electrons.